The van der Waals surface area contributed by atoms with E-state index in [1.807, 2.05) is 0 Å². The predicted octanol–water partition coefficient (Wildman–Crippen LogP) is 2.00. The molecule has 0 fully saturated rings. The first-order valence-electron chi connectivity index (χ1n) is 4.20. The van der Waals surface area contributed by atoms with E-state index >= 15 is 0 Å². The van der Waals surface area contributed by atoms with Crippen molar-refractivity contribution in [1.82, 2.24) is 9.97 Å². The Morgan fingerprint density at radius 3 is 2.60 bits per heavy atom. The van der Waals surface area contributed by atoms with E-state index in [4.69, 9.17) is 5.73 Å². The lowest BCUT2D eigenvalue weighted by Gasteiger charge is -2.02. The Labute approximate surface area is 84.6 Å². The fourth-order valence-electron chi connectivity index (χ4n) is 1.21. The van der Waals surface area contributed by atoms with Crippen LogP contribution in [0.1, 0.15) is 0 Å². The lowest BCUT2D eigenvalue weighted by molar-refractivity contribution is 0.602. The molecular formula is C10H7F2N3. The Morgan fingerprint density at radius 1 is 1.07 bits per heavy atom. The summed E-state index contributed by atoms with van der Waals surface area (Å²) in [6.45, 7) is 0. The molecule has 0 saturated carbocycles. The van der Waals surface area contributed by atoms with Gasteiger partial charge in [0.05, 0.1) is 5.69 Å². The molecule has 0 atom stereocenters. The Morgan fingerprint density at radius 2 is 1.87 bits per heavy atom. The summed E-state index contributed by atoms with van der Waals surface area (Å²) < 4.78 is 26.2. The van der Waals surface area contributed by atoms with Crippen molar-refractivity contribution >= 4 is 5.82 Å². The molecule has 1 heterocycles. The lowest BCUT2D eigenvalue weighted by Crippen LogP contribution is -1.94. The number of hydrogen-bond donors (Lipinski definition) is 1. The van der Waals surface area contributed by atoms with E-state index in [-0.39, 0.29) is 17.1 Å². The second-order valence-electron chi connectivity index (χ2n) is 2.95. The van der Waals surface area contributed by atoms with Gasteiger partial charge in [0, 0.05) is 11.6 Å². The van der Waals surface area contributed by atoms with Crippen LogP contribution in [-0.4, -0.2) is 9.97 Å². The van der Waals surface area contributed by atoms with E-state index in [2.05, 4.69) is 9.97 Å². The van der Waals surface area contributed by atoms with Crippen LogP contribution in [0.3, 0.4) is 0 Å². The van der Waals surface area contributed by atoms with Gasteiger partial charge < -0.3 is 5.73 Å². The Kier molecular flexibility index (Phi) is 2.29. The van der Waals surface area contributed by atoms with Gasteiger partial charge in [-0.05, 0) is 18.2 Å². The number of aromatic nitrogens is 2. The van der Waals surface area contributed by atoms with Gasteiger partial charge in [0.25, 0.3) is 0 Å². The smallest absolute Gasteiger partial charge is 0.132 e. The molecule has 0 saturated heterocycles. The van der Waals surface area contributed by atoms with Gasteiger partial charge in [-0.3, -0.25) is 0 Å². The van der Waals surface area contributed by atoms with Gasteiger partial charge in [-0.15, -0.1) is 0 Å². The van der Waals surface area contributed by atoms with Gasteiger partial charge in [-0.1, -0.05) is 0 Å². The monoisotopic (exact) mass is 207 g/mol. The Bertz CT molecular complexity index is 500. The van der Waals surface area contributed by atoms with Crippen LogP contribution < -0.4 is 5.73 Å². The number of anilines is 1. The predicted molar refractivity (Wildman–Crippen MR) is 51.8 cm³/mol. The SMILES string of the molecule is Nc1cc(-c2cc(F)ccc2F)ncn1. The van der Waals surface area contributed by atoms with Gasteiger partial charge in [0.15, 0.2) is 0 Å². The zero-order valence-corrected chi connectivity index (χ0v) is 7.61. The van der Waals surface area contributed by atoms with Crippen molar-refractivity contribution in [2.24, 2.45) is 0 Å². The van der Waals surface area contributed by atoms with Gasteiger partial charge >= 0.3 is 0 Å². The van der Waals surface area contributed by atoms with Crippen LogP contribution in [0.5, 0.6) is 0 Å². The van der Waals surface area contributed by atoms with E-state index in [0.717, 1.165) is 18.2 Å². The standard InChI is InChI=1S/C10H7F2N3/c11-6-1-2-8(12)7(3-6)9-4-10(13)15-5-14-9/h1-5H,(H2,13,14,15). The molecule has 0 aliphatic rings. The summed E-state index contributed by atoms with van der Waals surface area (Å²) in [5.74, 6) is -0.859. The minimum atomic E-state index is -0.547. The number of hydrogen-bond acceptors (Lipinski definition) is 3. The maximum Gasteiger partial charge on any atom is 0.132 e. The van der Waals surface area contributed by atoms with Gasteiger partial charge in [0.2, 0.25) is 0 Å². The number of benzene rings is 1. The molecule has 2 rings (SSSR count). The highest BCUT2D eigenvalue weighted by Crippen LogP contribution is 2.22. The molecule has 5 heteroatoms. The second kappa shape index (κ2) is 3.61. The van der Waals surface area contributed by atoms with Crippen LogP contribution in [0.2, 0.25) is 0 Å². The minimum absolute atomic E-state index is 0.0732. The second-order valence-corrected chi connectivity index (χ2v) is 2.95. The summed E-state index contributed by atoms with van der Waals surface area (Å²) in [7, 11) is 0. The molecule has 3 nitrogen and oxygen atoms in total. The van der Waals surface area contributed by atoms with E-state index < -0.39 is 11.6 Å². The van der Waals surface area contributed by atoms with Crippen molar-refractivity contribution in [2.75, 3.05) is 5.73 Å². The van der Waals surface area contributed by atoms with Crippen LogP contribution in [0, 0.1) is 11.6 Å². The van der Waals surface area contributed by atoms with Crippen molar-refractivity contribution in [3.8, 4) is 11.3 Å². The first kappa shape index (κ1) is 9.51. The molecule has 15 heavy (non-hydrogen) atoms. The average molecular weight is 207 g/mol. The zero-order valence-electron chi connectivity index (χ0n) is 7.61. The highest BCUT2D eigenvalue weighted by atomic mass is 19.1. The molecule has 0 amide bonds. The molecule has 1 aromatic carbocycles. The number of nitrogens with zero attached hydrogens (tertiary/aromatic N) is 2. The van der Waals surface area contributed by atoms with Gasteiger partial charge in [0.1, 0.15) is 23.8 Å². The first-order valence-corrected chi connectivity index (χ1v) is 4.20. The van der Waals surface area contributed by atoms with E-state index in [9.17, 15) is 8.78 Å². The van der Waals surface area contributed by atoms with E-state index in [1.54, 1.807) is 0 Å². The van der Waals surface area contributed by atoms with Crippen LogP contribution in [0.4, 0.5) is 14.6 Å². The fraction of sp³-hybridized carbons (Fsp3) is 0. The van der Waals surface area contributed by atoms with E-state index in [1.165, 1.54) is 12.4 Å². The van der Waals surface area contributed by atoms with Gasteiger partial charge in [-0.25, -0.2) is 18.7 Å². The van der Waals surface area contributed by atoms with Crippen molar-refractivity contribution < 1.29 is 8.78 Å². The van der Waals surface area contributed by atoms with Crippen LogP contribution in [0.15, 0.2) is 30.6 Å². The molecule has 0 spiro atoms. The molecule has 2 aromatic rings. The first-order chi connectivity index (χ1) is 7.16. The number of halogens is 2. The summed E-state index contributed by atoms with van der Waals surface area (Å²) in [4.78, 5) is 7.48. The molecule has 0 aliphatic carbocycles. The van der Waals surface area contributed by atoms with Crippen molar-refractivity contribution in [3.05, 3.63) is 42.2 Å². The topological polar surface area (TPSA) is 51.8 Å². The zero-order chi connectivity index (χ0) is 10.8. The third kappa shape index (κ3) is 1.90. The normalized spacial score (nSPS) is 10.3. The van der Waals surface area contributed by atoms with Gasteiger partial charge in [-0.2, -0.15) is 0 Å². The molecule has 0 radical (unpaired) electrons. The largest absolute Gasteiger partial charge is 0.384 e. The van der Waals surface area contributed by atoms with Crippen molar-refractivity contribution in [3.63, 3.8) is 0 Å². The molecule has 76 valence electrons. The van der Waals surface area contributed by atoms with Crippen LogP contribution >= 0.6 is 0 Å². The number of nitrogens with two attached hydrogens (primary N) is 1. The lowest BCUT2D eigenvalue weighted by atomic mass is 10.1. The highest BCUT2D eigenvalue weighted by Gasteiger charge is 2.08. The van der Waals surface area contributed by atoms with Crippen molar-refractivity contribution in [1.29, 1.82) is 0 Å². The van der Waals surface area contributed by atoms with E-state index in [0.29, 0.717) is 0 Å². The highest BCUT2D eigenvalue weighted by molar-refractivity contribution is 5.62. The maximum atomic E-state index is 13.3. The fourth-order valence-corrected chi connectivity index (χ4v) is 1.21. The number of rotatable bonds is 1. The van der Waals surface area contributed by atoms with Crippen LogP contribution in [-0.2, 0) is 0 Å². The van der Waals surface area contributed by atoms with Crippen LogP contribution in [0.25, 0.3) is 11.3 Å². The third-order valence-corrected chi connectivity index (χ3v) is 1.89. The Hall–Kier alpha value is -2.04. The maximum absolute atomic E-state index is 13.3. The quantitative estimate of drug-likeness (QED) is 0.778. The molecule has 0 aliphatic heterocycles. The Balaban J connectivity index is 2.58. The summed E-state index contributed by atoms with van der Waals surface area (Å²) in [6.07, 6.45) is 1.20. The minimum Gasteiger partial charge on any atom is -0.384 e. The summed E-state index contributed by atoms with van der Waals surface area (Å²) >= 11 is 0. The summed E-state index contributed by atoms with van der Waals surface area (Å²) in [6, 6.07) is 4.54. The van der Waals surface area contributed by atoms with Crippen molar-refractivity contribution in [2.45, 2.75) is 0 Å². The third-order valence-electron chi connectivity index (χ3n) is 1.89. The summed E-state index contributed by atoms with van der Waals surface area (Å²) in [5, 5.41) is 0. The summed E-state index contributed by atoms with van der Waals surface area (Å²) in [5.41, 5.74) is 5.75. The molecule has 0 bridgehead atoms. The molecule has 1 aromatic heterocycles. The number of nitrogen functional groups attached to an aromatic ring is 1. The molecule has 0 unspecified atom stereocenters. The molecule has 2 N–H and O–H groups in total. The average Bonchev–Trinajstić information content (AvgIpc) is 2.22. The molecular weight excluding hydrogens is 200 g/mol.